The van der Waals surface area contributed by atoms with Gasteiger partial charge >= 0.3 is 11.7 Å². The van der Waals surface area contributed by atoms with Crippen LogP contribution in [-0.4, -0.2) is 5.91 Å². The molecule has 0 aliphatic rings. The quantitative estimate of drug-likeness (QED) is 0.844. The van der Waals surface area contributed by atoms with E-state index in [4.69, 9.17) is 0 Å². The lowest BCUT2D eigenvalue weighted by Crippen LogP contribution is -2.11. The molecular weight excluding hydrogens is 234 g/mol. The molecule has 0 atom stereocenters. The van der Waals surface area contributed by atoms with E-state index >= 15 is 0 Å². The average molecular weight is 244 g/mol. The molecule has 2 aromatic rings. The van der Waals surface area contributed by atoms with Crippen molar-refractivity contribution in [2.45, 2.75) is 4.90 Å². The largest absolute Gasteiger partial charge is 0.505 e. The van der Waals surface area contributed by atoms with E-state index in [1.807, 2.05) is 18.2 Å². The average Bonchev–Trinajstić information content (AvgIpc) is 2.40. The van der Waals surface area contributed by atoms with Crippen molar-refractivity contribution in [1.82, 2.24) is 0 Å². The standard InChI is InChI=1S/C13H9NO2S/c15-13(10-4-2-1-3-5-10)14-11-6-8-12(17-16)9-7-11/h1-9H/p+1. The number of amides is 1. The van der Waals surface area contributed by atoms with Gasteiger partial charge in [0.1, 0.15) is 0 Å². The first-order chi connectivity index (χ1) is 8.29. The molecule has 0 aliphatic carbocycles. The number of carbonyl (C=O) groups excluding carboxylic acids is 1. The topological polar surface area (TPSA) is 46.2 Å². The summed E-state index contributed by atoms with van der Waals surface area (Å²) in [5, 5.41) is 2.76. The second-order valence-corrected chi connectivity index (χ2v) is 4.07. The molecule has 3 nitrogen and oxygen atoms in total. The van der Waals surface area contributed by atoms with Crippen LogP contribution in [0.1, 0.15) is 10.4 Å². The summed E-state index contributed by atoms with van der Waals surface area (Å²) in [6.07, 6.45) is 0. The lowest BCUT2D eigenvalue weighted by atomic mass is 10.2. The van der Waals surface area contributed by atoms with Gasteiger partial charge in [0, 0.05) is 27.6 Å². The van der Waals surface area contributed by atoms with Crippen molar-refractivity contribution in [3.05, 3.63) is 60.2 Å². The predicted octanol–water partition coefficient (Wildman–Crippen LogP) is 2.73. The summed E-state index contributed by atoms with van der Waals surface area (Å²) >= 11 is 0.430. The van der Waals surface area contributed by atoms with Gasteiger partial charge in [-0.15, -0.1) is 0 Å². The molecule has 4 heteroatoms. The molecule has 0 saturated carbocycles. The molecule has 0 unspecified atom stereocenters. The van der Waals surface area contributed by atoms with Crippen LogP contribution in [0.25, 0.3) is 0 Å². The van der Waals surface area contributed by atoms with Crippen molar-refractivity contribution < 1.29 is 9.00 Å². The van der Waals surface area contributed by atoms with Crippen LogP contribution in [0.3, 0.4) is 0 Å². The molecule has 1 N–H and O–H groups in total. The normalized spacial score (nSPS) is 9.65. The maximum atomic E-state index is 11.8. The van der Waals surface area contributed by atoms with Crippen LogP contribution >= 0.6 is 0 Å². The fourth-order valence-electron chi connectivity index (χ4n) is 1.39. The Labute approximate surface area is 103 Å². The lowest BCUT2D eigenvalue weighted by Gasteiger charge is -2.03. The summed E-state index contributed by atoms with van der Waals surface area (Å²) in [5.74, 6) is -0.159. The van der Waals surface area contributed by atoms with Gasteiger partial charge in [0.15, 0.2) is 0 Å². The van der Waals surface area contributed by atoms with Crippen molar-refractivity contribution >= 4 is 23.3 Å². The number of carbonyl (C=O) groups is 1. The monoisotopic (exact) mass is 244 g/mol. The highest BCUT2D eigenvalue weighted by Crippen LogP contribution is 2.11. The van der Waals surface area contributed by atoms with Crippen molar-refractivity contribution in [3.63, 3.8) is 0 Å². The zero-order valence-electron chi connectivity index (χ0n) is 8.92. The summed E-state index contributed by atoms with van der Waals surface area (Å²) < 4.78 is 10.5. The van der Waals surface area contributed by atoms with Crippen LogP contribution in [0, 0.1) is 0 Å². The number of anilines is 1. The Morgan fingerprint density at radius 1 is 0.941 bits per heavy atom. The minimum absolute atomic E-state index is 0.159. The second-order valence-electron chi connectivity index (χ2n) is 3.43. The highest BCUT2D eigenvalue weighted by molar-refractivity contribution is 7.65. The van der Waals surface area contributed by atoms with E-state index in [0.29, 0.717) is 27.8 Å². The molecule has 2 aromatic carbocycles. The third-order valence-corrected chi connectivity index (χ3v) is 2.71. The fraction of sp³-hybridized carbons (Fsp3) is 0. The predicted molar refractivity (Wildman–Crippen MR) is 67.2 cm³/mol. The maximum Gasteiger partial charge on any atom is 0.505 e. The Kier molecular flexibility index (Phi) is 3.57. The summed E-state index contributed by atoms with van der Waals surface area (Å²) in [4.78, 5) is 12.4. The van der Waals surface area contributed by atoms with Gasteiger partial charge in [0.25, 0.3) is 10.8 Å². The molecule has 0 bridgehead atoms. The zero-order chi connectivity index (χ0) is 12.1. The summed E-state index contributed by atoms with van der Waals surface area (Å²) in [6.45, 7) is 0. The van der Waals surface area contributed by atoms with Crippen molar-refractivity contribution in [1.29, 1.82) is 0 Å². The first kappa shape index (κ1) is 11.4. The van der Waals surface area contributed by atoms with E-state index in [-0.39, 0.29) is 5.91 Å². The smallest absolute Gasteiger partial charge is 0.322 e. The van der Waals surface area contributed by atoms with Crippen molar-refractivity contribution in [2.75, 3.05) is 5.32 Å². The van der Waals surface area contributed by atoms with Crippen LogP contribution in [0.4, 0.5) is 5.69 Å². The van der Waals surface area contributed by atoms with Gasteiger partial charge < -0.3 is 5.32 Å². The molecule has 1 amide bonds. The van der Waals surface area contributed by atoms with Gasteiger partial charge in [-0.1, -0.05) is 18.2 Å². The van der Waals surface area contributed by atoms with Gasteiger partial charge in [-0.05, 0) is 24.3 Å². The van der Waals surface area contributed by atoms with Gasteiger partial charge in [0.2, 0.25) is 0 Å². The minimum atomic E-state index is -0.159. The first-order valence-corrected chi connectivity index (χ1v) is 5.80. The number of benzene rings is 2. The molecule has 0 spiro atoms. The summed E-state index contributed by atoms with van der Waals surface area (Å²) in [7, 11) is 0. The summed E-state index contributed by atoms with van der Waals surface area (Å²) in [5.41, 5.74) is 1.28. The van der Waals surface area contributed by atoms with E-state index < -0.39 is 0 Å². The Morgan fingerprint density at radius 3 is 2.18 bits per heavy atom. The Balaban J connectivity index is 2.10. The lowest BCUT2D eigenvalue weighted by molar-refractivity contribution is 0.102. The molecule has 0 aromatic heterocycles. The van der Waals surface area contributed by atoms with Crippen LogP contribution in [-0.2, 0) is 15.9 Å². The first-order valence-electron chi connectivity index (χ1n) is 5.06. The van der Waals surface area contributed by atoms with E-state index in [9.17, 15) is 9.00 Å². The van der Waals surface area contributed by atoms with Crippen molar-refractivity contribution in [2.24, 2.45) is 0 Å². The summed E-state index contributed by atoms with van der Waals surface area (Å²) in [6, 6.07) is 15.8. The van der Waals surface area contributed by atoms with E-state index in [1.165, 1.54) is 0 Å². The molecule has 0 fully saturated rings. The minimum Gasteiger partial charge on any atom is -0.322 e. The number of nitrogens with one attached hydrogen (secondary N) is 1. The molecule has 0 saturated heterocycles. The van der Waals surface area contributed by atoms with Gasteiger partial charge in [-0.3, -0.25) is 4.79 Å². The van der Waals surface area contributed by atoms with E-state index in [2.05, 4.69) is 5.32 Å². The van der Waals surface area contributed by atoms with Gasteiger partial charge in [-0.25, -0.2) is 0 Å². The maximum absolute atomic E-state index is 11.8. The molecule has 0 radical (unpaired) electrons. The molecule has 17 heavy (non-hydrogen) atoms. The Hall–Kier alpha value is -2.07. The van der Waals surface area contributed by atoms with E-state index in [0.717, 1.165) is 0 Å². The van der Waals surface area contributed by atoms with Crippen molar-refractivity contribution in [3.8, 4) is 0 Å². The van der Waals surface area contributed by atoms with E-state index in [1.54, 1.807) is 36.4 Å². The third-order valence-electron chi connectivity index (χ3n) is 2.24. The molecule has 0 aliphatic heterocycles. The molecule has 0 heterocycles. The fourth-order valence-corrected chi connectivity index (χ4v) is 1.63. The van der Waals surface area contributed by atoms with Crippen LogP contribution in [0.15, 0.2) is 59.5 Å². The molecular formula is C13H10NO2S+. The SMILES string of the molecule is O=[S+]c1ccc(NC(=O)c2ccccc2)cc1. The highest BCUT2D eigenvalue weighted by Gasteiger charge is 2.07. The second kappa shape index (κ2) is 5.32. The Bertz CT molecular complexity index is 523. The highest BCUT2D eigenvalue weighted by atomic mass is 32.1. The number of hydrogen-bond donors (Lipinski definition) is 1. The Morgan fingerprint density at radius 2 is 1.59 bits per heavy atom. The van der Waals surface area contributed by atoms with Gasteiger partial charge in [0.05, 0.1) is 0 Å². The third kappa shape index (κ3) is 2.95. The van der Waals surface area contributed by atoms with Crippen LogP contribution in [0.5, 0.6) is 0 Å². The van der Waals surface area contributed by atoms with Gasteiger partial charge in [-0.2, -0.15) is 0 Å². The van der Waals surface area contributed by atoms with Crippen LogP contribution < -0.4 is 5.32 Å². The molecule has 2 rings (SSSR count). The molecule has 84 valence electrons. The number of hydrogen-bond acceptors (Lipinski definition) is 2. The van der Waals surface area contributed by atoms with Crippen LogP contribution in [0.2, 0.25) is 0 Å². The zero-order valence-corrected chi connectivity index (χ0v) is 9.74. The number of rotatable bonds is 3.